The van der Waals surface area contributed by atoms with Gasteiger partial charge in [0.15, 0.2) is 0 Å². The van der Waals surface area contributed by atoms with Crippen molar-refractivity contribution in [3.05, 3.63) is 77.4 Å². The Bertz CT molecular complexity index is 708. The molecule has 0 bridgehead atoms. The Balaban J connectivity index is 1.64. The Hall–Kier alpha value is -3.08. The second-order valence-corrected chi connectivity index (χ2v) is 5.49. The minimum Gasteiger partial charge on any atom is -0.481 e. The third-order valence-corrected chi connectivity index (χ3v) is 3.44. The number of aliphatic carboxylic acids is 1. The molecule has 2 rings (SSSR count). The maximum atomic E-state index is 11.6. The standard InChI is InChI=1S/C20H21NO4/c22-19(23)14-17-11-9-16(10-12-17)6-4-5-13-21-20(24)25-15-18-7-2-1-3-8-18/h1-4,6-12H,5,13-15H2,(H,21,24)(H,22,23). The highest BCUT2D eigenvalue weighted by atomic mass is 16.5. The van der Waals surface area contributed by atoms with Gasteiger partial charge in [0.05, 0.1) is 6.42 Å². The molecule has 0 fully saturated rings. The van der Waals surface area contributed by atoms with Gasteiger partial charge in [-0.15, -0.1) is 0 Å². The van der Waals surface area contributed by atoms with Crippen LogP contribution in [0.15, 0.2) is 60.7 Å². The van der Waals surface area contributed by atoms with Crippen molar-refractivity contribution >= 4 is 18.1 Å². The number of carbonyl (C=O) groups is 2. The highest BCUT2D eigenvalue weighted by Gasteiger charge is 2.01. The summed E-state index contributed by atoms with van der Waals surface area (Å²) in [5.41, 5.74) is 2.71. The van der Waals surface area contributed by atoms with Crippen molar-refractivity contribution < 1.29 is 19.4 Å². The van der Waals surface area contributed by atoms with Crippen molar-refractivity contribution in [1.29, 1.82) is 0 Å². The topological polar surface area (TPSA) is 75.6 Å². The van der Waals surface area contributed by atoms with E-state index in [2.05, 4.69) is 5.32 Å². The summed E-state index contributed by atoms with van der Waals surface area (Å²) in [6, 6.07) is 16.9. The molecule has 0 aliphatic heterocycles. The highest BCUT2D eigenvalue weighted by Crippen LogP contribution is 2.07. The second-order valence-electron chi connectivity index (χ2n) is 5.49. The summed E-state index contributed by atoms with van der Waals surface area (Å²) in [5, 5.41) is 11.4. The molecule has 0 spiro atoms. The average Bonchev–Trinajstić information content (AvgIpc) is 2.61. The zero-order valence-electron chi connectivity index (χ0n) is 13.9. The lowest BCUT2D eigenvalue weighted by molar-refractivity contribution is -0.136. The third-order valence-electron chi connectivity index (χ3n) is 3.44. The summed E-state index contributed by atoms with van der Waals surface area (Å²) in [6.07, 6.45) is 4.15. The van der Waals surface area contributed by atoms with E-state index in [0.29, 0.717) is 13.0 Å². The van der Waals surface area contributed by atoms with E-state index in [9.17, 15) is 9.59 Å². The van der Waals surface area contributed by atoms with Crippen LogP contribution in [0.2, 0.25) is 0 Å². The van der Waals surface area contributed by atoms with Gasteiger partial charge in [0.1, 0.15) is 6.61 Å². The van der Waals surface area contributed by atoms with Crippen molar-refractivity contribution in [3.8, 4) is 0 Å². The fourth-order valence-corrected chi connectivity index (χ4v) is 2.17. The monoisotopic (exact) mass is 339 g/mol. The first kappa shape index (κ1) is 18.3. The number of carbonyl (C=O) groups excluding carboxylic acids is 1. The Morgan fingerprint density at radius 1 is 1.00 bits per heavy atom. The molecule has 0 unspecified atom stereocenters. The molecule has 0 atom stereocenters. The van der Waals surface area contributed by atoms with E-state index < -0.39 is 12.1 Å². The fraction of sp³-hybridized carbons (Fsp3) is 0.200. The maximum Gasteiger partial charge on any atom is 0.407 e. The van der Waals surface area contributed by atoms with Gasteiger partial charge < -0.3 is 15.2 Å². The molecule has 2 aromatic carbocycles. The number of hydrogen-bond donors (Lipinski definition) is 2. The minimum absolute atomic E-state index is 0.0268. The maximum absolute atomic E-state index is 11.6. The third kappa shape index (κ3) is 7.35. The van der Waals surface area contributed by atoms with Gasteiger partial charge in [0.2, 0.25) is 0 Å². The summed E-state index contributed by atoms with van der Waals surface area (Å²) in [6.45, 7) is 0.742. The molecule has 130 valence electrons. The molecule has 0 heterocycles. The number of rotatable bonds is 8. The number of carboxylic acid groups (broad SMARTS) is 1. The van der Waals surface area contributed by atoms with Crippen LogP contribution in [-0.4, -0.2) is 23.7 Å². The summed E-state index contributed by atoms with van der Waals surface area (Å²) < 4.78 is 5.12. The van der Waals surface area contributed by atoms with E-state index in [-0.39, 0.29) is 13.0 Å². The summed E-state index contributed by atoms with van der Waals surface area (Å²) in [5.74, 6) is -0.839. The van der Waals surface area contributed by atoms with Gasteiger partial charge in [-0.2, -0.15) is 0 Å². The van der Waals surface area contributed by atoms with Crippen molar-refractivity contribution in [2.75, 3.05) is 6.54 Å². The van der Waals surface area contributed by atoms with Gasteiger partial charge >= 0.3 is 12.1 Å². The summed E-state index contributed by atoms with van der Waals surface area (Å²) in [4.78, 5) is 22.2. The van der Waals surface area contributed by atoms with E-state index in [0.717, 1.165) is 16.7 Å². The molecule has 0 aliphatic rings. The van der Waals surface area contributed by atoms with Gasteiger partial charge in [-0.3, -0.25) is 4.79 Å². The molecular weight excluding hydrogens is 318 g/mol. The Kier molecular flexibility index (Phi) is 7.25. The molecule has 0 aromatic heterocycles. The molecule has 25 heavy (non-hydrogen) atoms. The molecule has 0 saturated heterocycles. The van der Waals surface area contributed by atoms with Crippen LogP contribution >= 0.6 is 0 Å². The van der Waals surface area contributed by atoms with Crippen molar-refractivity contribution in [1.82, 2.24) is 5.32 Å². The van der Waals surface area contributed by atoms with Crippen LogP contribution in [0.4, 0.5) is 4.79 Å². The van der Waals surface area contributed by atoms with Gasteiger partial charge in [-0.1, -0.05) is 66.7 Å². The number of nitrogens with one attached hydrogen (secondary N) is 1. The molecule has 5 heteroatoms. The summed E-state index contributed by atoms with van der Waals surface area (Å²) >= 11 is 0. The lowest BCUT2D eigenvalue weighted by Gasteiger charge is -2.05. The first-order chi connectivity index (χ1) is 12.1. The highest BCUT2D eigenvalue weighted by molar-refractivity contribution is 5.70. The molecule has 0 saturated carbocycles. The Labute approximate surface area is 146 Å². The predicted octanol–water partition coefficient (Wildman–Crippen LogP) is 3.64. The zero-order valence-corrected chi connectivity index (χ0v) is 13.9. The first-order valence-corrected chi connectivity index (χ1v) is 8.05. The van der Waals surface area contributed by atoms with Crippen LogP contribution in [0, 0.1) is 0 Å². The van der Waals surface area contributed by atoms with Crippen LogP contribution < -0.4 is 5.32 Å². The lowest BCUT2D eigenvalue weighted by Crippen LogP contribution is -2.24. The van der Waals surface area contributed by atoms with Gasteiger partial charge in [0.25, 0.3) is 0 Å². The number of alkyl carbamates (subject to hydrolysis) is 1. The molecule has 5 nitrogen and oxygen atoms in total. The number of carboxylic acids is 1. The fourth-order valence-electron chi connectivity index (χ4n) is 2.17. The van der Waals surface area contributed by atoms with Crippen LogP contribution in [0.25, 0.3) is 6.08 Å². The summed E-state index contributed by atoms with van der Waals surface area (Å²) in [7, 11) is 0. The SMILES string of the molecule is O=C(O)Cc1ccc(C=CCCNC(=O)OCc2ccccc2)cc1. The lowest BCUT2D eigenvalue weighted by atomic mass is 10.1. The van der Waals surface area contributed by atoms with E-state index in [1.54, 1.807) is 12.1 Å². The normalized spacial score (nSPS) is 10.6. The molecule has 1 amide bonds. The van der Waals surface area contributed by atoms with Gasteiger partial charge in [-0.05, 0) is 23.1 Å². The Morgan fingerprint density at radius 3 is 2.40 bits per heavy atom. The first-order valence-electron chi connectivity index (χ1n) is 8.05. The van der Waals surface area contributed by atoms with Crippen LogP contribution in [0.1, 0.15) is 23.1 Å². The largest absolute Gasteiger partial charge is 0.481 e. The average molecular weight is 339 g/mol. The van der Waals surface area contributed by atoms with Crippen LogP contribution in [-0.2, 0) is 22.6 Å². The Morgan fingerprint density at radius 2 is 1.72 bits per heavy atom. The van der Waals surface area contributed by atoms with Crippen molar-refractivity contribution in [2.45, 2.75) is 19.4 Å². The van der Waals surface area contributed by atoms with Crippen molar-refractivity contribution in [2.24, 2.45) is 0 Å². The van der Waals surface area contributed by atoms with Crippen LogP contribution in [0.3, 0.4) is 0 Å². The predicted molar refractivity (Wildman–Crippen MR) is 96.1 cm³/mol. The minimum atomic E-state index is -0.839. The smallest absolute Gasteiger partial charge is 0.407 e. The van der Waals surface area contributed by atoms with Crippen LogP contribution in [0.5, 0.6) is 0 Å². The van der Waals surface area contributed by atoms with E-state index >= 15 is 0 Å². The quantitative estimate of drug-likeness (QED) is 0.720. The molecule has 0 radical (unpaired) electrons. The van der Waals surface area contributed by atoms with Gasteiger partial charge in [0, 0.05) is 6.54 Å². The van der Waals surface area contributed by atoms with E-state index in [4.69, 9.17) is 9.84 Å². The van der Waals surface area contributed by atoms with E-state index in [1.807, 2.05) is 54.6 Å². The van der Waals surface area contributed by atoms with Gasteiger partial charge in [-0.25, -0.2) is 4.79 Å². The number of ether oxygens (including phenoxy) is 1. The van der Waals surface area contributed by atoms with Crippen molar-refractivity contribution in [3.63, 3.8) is 0 Å². The number of benzene rings is 2. The number of amides is 1. The number of hydrogen-bond acceptors (Lipinski definition) is 3. The van der Waals surface area contributed by atoms with E-state index in [1.165, 1.54) is 0 Å². The second kappa shape index (κ2) is 9.93. The molecular formula is C20H21NO4. The zero-order chi connectivity index (χ0) is 17.9. The molecule has 2 N–H and O–H groups in total. The molecule has 2 aromatic rings. The molecule has 0 aliphatic carbocycles.